The molecule has 0 aliphatic heterocycles. The van der Waals surface area contributed by atoms with Gasteiger partial charge in [-0.15, -0.1) is 11.8 Å². The van der Waals surface area contributed by atoms with Gasteiger partial charge in [-0.05, 0) is 47.5 Å². The number of hydrogen-bond acceptors (Lipinski definition) is 3. The van der Waals surface area contributed by atoms with E-state index in [1.165, 1.54) is 0 Å². The third-order valence-corrected chi connectivity index (χ3v) is 4.77. The van der Waals surface area contributed by atoms with Crippen molar-refractivity contribution in [3.63, 3.8) is 0 Å². The lowest BCUT2D eigenvalue weighted by molar-refractivity contribution is 0.196. The van der Waals surface area contributed by atoms with E-state index in [-0.39, 0.29) is 17.4 Å². The zero-order chi connectivity index (χ0) is 12.3. The van der Waals surface area contributed by atoms with E-state index in [2.05, 4.69) is 15.9 Å². The molecule has 0 heterocycles. The zero-order valence-corrected chi connectivity index (χ0v) is 12.2. The maximum absolute atomic E-state index is 9.46. The lowest BCUT2D eigenvalue weighted by atomic mass is 10.1. The summed E-state index contributed by atoms with van der Waals surface area (Å²) in [6, 6.07) is 6.17. The Bertz CT molecular complexity index is 355. The quantitative estimate of drug-likeness (QED) is 0.839. The van der Waals surface area contributed by atoms with E-state index in [9.17, 15) is 5.11 Å². The van der Waals surface area contributed by atoms with Crippen LogP contribution in [-0.2, 0) is 0 Å². The molecule has 0 saturated carbocycles. The van der Waals surface area contributed by atoms with Gasteiger partial charge >= 0.3 is 0 Å². The first kappa shape index (κ1) is 14.0. The number of rotatable bonds is 4. The van der Waals surface area contributed by atoms with Crippen molar-refractivity contribution in [3.8, 4) is 0 Å². The van der Waals surface area contributed by atoms with Gasteiger partial charge < -0.3 is 10.8 Å². The third kappa shape index (κ3) is 3.77. The Morgan fingerprint density at radius 1 is 1.31 bits per heavy atom. The topological polar surface area (TPSA) is 46.2 Å². The number of halogens is 1. The fourth-order valence-electron chi connectivity index (χ4n) is 1.19. The van der Waals surface area contributed by atoms with Gasteiger partial charge in [0.2, 0.25) is 0 Å². The van der Waals surface area contributed by atoms with Gasteiger partial charge in [0, 0.05) is 20.7 Å². The fourth-order valence-corrected chi connectivity index (χ4v) is 2.79. The third-order valence-electron chi connectivity index (χ3n) is 2.47. The molecular formula is C12H18BrNOS. The van der Waals surface area contributed by atoms with E-state index in [0.29, 0.717) is 0 Å². The maximum Gasteiger partial charge on any atom is 0.0631 e. The Hall–Kier alpha value is -0.0300. The van der Waals surface area contributed by atoms with E-state index in [0.717, 1.165) is 14.9 Å². The Balaban J connectivity index is 2.83. The van der Waals surface area contributed by atoms with Crippen LogP contribution in [0, 0.1) is 0 Å². The molecule has 0 aliphatic carbocycles. The summed E-state index contributed by atoms with van der Waals surface area (Å²) in [6.45, 7) is 5.79. The highest BCUT2D eigenvalue weighted by atomic mass is 79.9. The van der Waals surface area contributed by atoms with E-state index in [1.807, 2.05) is 39.0 Å². The van der Waals surface area contributed by atoms with Gasteiger partial charge in [0.15, 0.2) is 0 Å². The Morgan fingerprint density at radius 3 is 2.38 bits per heavy atom. The highest BCUT2D eigenvalue weighted by Gasteiger charge is 2.13. The van der Waals surface area contributed by atoms with Crippen molar-refractivity contribution < 1.29 is 5.11 Å². The first-order chi connectivity index (χ1) is 7.41. The van der Waals surface area contributed by atoms with E-state index >= 15 is 0 Å². The van der Waals surface area contributed by atoms with Crippen LogP contribution in [0.5, 0.6) is 0 Å². The minimum absolute atomic E-state index is 0.0459. The first-order valence-corrected chi connectivity index (χ1v) is 6.99. The lowest BCUT2D eigenvalue weighted by Crippen LogP contribution is -2.15. The summed E-state index contributed by atoms with van der Waals surface area (Å²) < 4.78 is 1.04. The predicted octanol–water partition coefficient (Wildman–Crippen LogP) is 3.33. The van der Waals surface area contributed by atoms with Crippen molar-refractivity contribution in [1.29, 1.82) is 0 Å². The molecule has 1 aromatic carbocycles. The number of thioether (sulfide) groups is 1. The average molecular weight is 304 g/mol. The monoisotopic (exact) mass is 303 g/mol. The minimum Gasteiger partial charge on any atom is -0.392 e. The molecule has 0 amide bonds. The molecule has 1 aromatic rings. The number of aliphatic hydroxyl groups is 1. The summed E-state index contributed by atoms with van der Waals surface area (Å²) in [5, 5.41) is 9.64. The summed E-state index contributed by atoms with van der Waals surface area (Å²) in [5.74, 6) is 0. The van der Waals surface area contributed by atoms with Crippen molar-refractivity contribution in [2.24, 2.45) is 5.73 Å². The molecule has 1 rings (SSSR count). The number of nitrogens with two attached hydrogens (primary N) is 1. The Kier molecular flexibility index (Phi) is 5.31. The smallest absolute Gasteiger partial charge is 0.0631 e. The molecule has 2 nitrogen and oxygen atoms in total. The van der Waals surface area contributed by atoms with E-state index < -0.39 is 0 Å². The Morgan fingerprint density at radius 2 is 1.94 bits per heavy atom. The zero-order valence-electron chi connectivity index (χ0n) is 9.77. The van der Waals surface area contributed by atoms with Crippen LogP contribution in [0.2, 0.25) is 0 Å². The summed E-state index contributed by atoms with van der Waals surface area (Å²) >= 11 is 5.20. The number of benzene rings is 1. The van der Waals surface area contributed by atoms with Crippen molar-refractivity contribution in [3.05, 3.63) is 28.2 Å². The summed E-state index contributed by atoms with van der Waals surface area (Å²) in [6.07, 6.45) is -0.315. The molecule has 3 atom stereocenters. The molecule has 0 saturated heterocycles. The van der Waals surface area contributed by atoms with Crippen molar-refractivity contribution in [2.75, 3.05) is 0 Å². The van der Waals surface area contributed by atoms with Gasteiger partial charge in [0.25, 0.3) is 0 Å². The minimum atomic E-state index is -0.315. The molecule has 4 heteroatoms. The molecule has 0 aromatic heterocycles. The second-order valence-corrected chi connectivity index (χ2v) is 6.32. The predicted molar refractivity (Wildman–Crippen MR) is 73.7 cm³/mol. The molecule has 3 N–H and O–H groups in total. The van der Waals surface area contributed by atoms with Crippen molar-refractivity contribution in [1.82, 2.24) is 0 Å². The largest absolute Gasteiger partial charge is 0.392 e. The van der Waals surface area contributed by atoms with Gasteiger partial charge in [-0.1, -0.05) is 13.0 Å². The molecule has 0 spiro atoms. The van der Waals surface area contributed by atoms with Crippen LogP contribution in [0.4, 0.5) is 0 Å². The van der Waals surface area contributed by atoms with E-state index in [1.54, 1.807) is 11.8 Å². The second-order valence-electron chi connectivity index (χ2n) is 4.04. The molecular weight excluding hydrogens is 286 g/mol. The van der Waals surface area contributed by atoms with Crippen LogP contribution in [-0.4, -0.2) is 16.5 Å². The van der Waals surface area contributed by atoms with Gasteiger partial charge in [0.1, 0.15) is 0 Å². The van der Waals surface area contributed by atoms with Gasteiger partial charge in [0.05, 0.1) is 6.10 Å². The highest BCUT2D eigenvalue weighted by Crippen LogP contribution is 2.33. The maximum atomic E-state index is 9.46. The SMILES string of the molecule is CC(N)c1ccc(SC(C)C(C)O)c(Br)c1. The molecule has 0 radical (unpaired) electrons. The molecule has 3 unspecified atom stereocenters. The second kappa shape index (κ2) is 6.05. The standard InChI is InChI=1S/C12H18BrNOS/c1-7(14)10-4-5-12(11(13)6-10)16-9(3)8(2)15/h4-9,15H,14H2,1-3H3. The van der Waals surface area contributed by atoms with Crippen LogP contribution in [0.3, 0.4) is 0 Å². The Labute approximate surface area is 110 Å². The van der Waals surface area contributed by atoms with Crippen molar-refractivity contribution in [2.45, 2.75) is 43.1 Å². The van der Waals surface area contributed by atoms with Crippen LogP contribution in [0.1, 0.15) is 32.4 Å². The van der Waals surface area contributed by atoms with Crippen LogP contribution >= 0.6 is 27.7 Å². The lowest BCUT2D eigenvalue weighted by Gasteiger charge is -2.16. The summed E-state index contributed by atoms with van der Waals surface area (Å²) in [4.78, 5) is 1.14. The molecule has 0 bridgehead atoms. The molecule has 16 heavy (non-hydrogen) atoms. The fraction of sp³-hybridized carbons (Fsp3) is 0.500. The normalized spacial score (nSPS) is 16.9. The van der Waals surface area contributed by atoms with Crippen LogP contribution < -0.4 is 5.73 Å². The van der Waals surface area contributed by atoms with E-state index in [4.69, 9.17) is 5.73 Å². The summed E-state index contributed by atoms with van der Waals surface area (Å²) in [7, 11) is 0. The van der Waals surface area contributed by atoms with Gasteiger partial charge in [-0.25, -0.2) is 0 Å². The molecule has 0 aliphatic rings. The molecule has 90 valence electrons. The average Bonchev–Trinajstić information content (AvgIpc) is 2.20. The highest BCUT2D eigenvalue weighted by molar-refractivity contribution is 9.10. The van der Waals surface area contributed by atoms with Crippen LogP contribution in [0.25, 0.3) is 0 Å². The number of hydrogen-bond donors (Lipinski definition) is 2. The van der Waals surface area contributed by atoms with Gasteiger partial charge in [-0.2, -0.15) is 0 Å². The summed E-state index contributed by atoms with van der Waals surface area (Å²) in [5.41, 5.74) is 6.93. The van der Waals surface area contributed by atoms with Gasteiger partial charge in [-0.3, -0.25) is 0 Å². The number of aliphatic hydroxyl groups excluding tert-OH is 1. The first-order valence-electron chi connectivity index (χ1n) is 5.31. The molecule has 0 fully saturated rings. The van der Waals surface area contributed by atoms with Crippen molar-refractivity contribution >= 4 is 27.7 Å². The van der Waals surface area contributed by atoms with Crippen LogP contribution in [0.15, 0.2) is 27.6 Å².